The molecule has 0 aromatic heterocycles. The fourth-order valence-electron chi connectivity index (χ4n) is 2.32. The molecule has 0 spiro atoms. The Kier molecular flexibility index (Phi) is 3.66. The molecule has 2 rings (SSSR count). The van der Waals surface area contributed by atoms with Crippen LogP contribution in [0, 0.1) is 23.0 Å². The van der Waals surface area contributed by atoms with Crippen LogP contribution < -0.4 is 5.32 Å². The molecule has 0 amide bonds. The van der Waals surface area contributed by atoms with Crippen molar-refractivity contribution in [3.05, 3.63) is 39.4 Å². The minimum Gasteiger partial charge on any atom is -0.307 e. The minimum atomic E-state index is -0.310. The molecule has 2 unspecified atom stereocenters. The van der Waals surface area contributed by atoms with E-state index >= 15 is 0 Å². The molecule has 18 heavy (non-hydrogen) atoms. The first kappa shape index (κ1) is 13.0. The number of nitrogens with one attached hydrogen (secondary N) is 1. The second-order valence-corrected chi connectivity index (χ2v) is 5.32. The van der Waals surface area contributed by atoms with Gasteiger partial charge in [-0.25, -0.2) is 0 Å². The quantitative estimate of drug-likeness (QED) is 0.642. The van der Waals surface area contributed by atoms with E-state index in [-0.39, 0.29) is 16.7 Å². The number of rotatable bonds is 5. The summed E-state index contributed by atoms with van der Waals surface area (Å²) in [6, 6.07) is 6.12. The van der Waals surface area contributed by atoms with Gasteiger partial charge < -0.3 is 5.32 Å². The van der Waals surface area contributed by atoms with E-state index in [1.165, 1.54) is 12.8 Å². The number of nitro groups is 1. The van der Waals surface area contributed by atoms with Crippen molar-refractivity contribution < 1.29 is 4.92 Å². The molecule has 0 bridgehead atoms. The number of hydrogen-bond donors (Lipinski definition) is 1. The number of benzene rings is 1. The molecule has 2 atom stereocenters. The van der Waals surface area contributed by atoms with E-state index in [0.29, 0.717) is 11.6 Å². The van der Waals surface area contributed by atoms with Crippen LogP contribution in [0.2, 0.25) is 0 Å². The van der Waals surface area contributed by atoms with Crippen LogP contribution in [0.5, 0.6) is 0 Å². The summed E-state index contributed by atoms with van der Waals surface area (Å²) in [5, 5.41) is 14.4. The van der Waals surface area contributed by atoms with Gasteiger partial charge in [0.1, 0.15) is 0 Å². The topological polar surface area (TPSA) is 55.2 Å². The van der Waals surface area contributed by atoms with Crippen molar-refractivity contribution in [3.63, 3.8) is 0 Å². The van der Waals surface area contributed by atoms with Crippen molar-refractivity contribution in [1.29, 1.82) is 0 Å². The van der Waals surface area contributed by atoms with Crippen molar-refractivity contribution in [2.75, 3.05) is 0 Å². The molecular weight excluding hydrogens is 228 g/mol. The molecule has 1 aliphatic rings. The van der Waals surface area contributed by atoms with Gasteiger partial charge in [-0.3, -0.25) is 10.1 Å². The summed E-state index contributed by atoms with van der Waals surface area (Å²) in [5.74, 6) is 0.785. The maximum atomic E-state index is 10.9. The predicted octanol–water partition coefficient (Wildman–Crippen LogP) is 3.35. The smallest absolute Gasteiger partial charge is 0.272 e. The summed E-state index contributed by atoms with van der Waals surface area (Å²) in [7, 11) is 0. The molecule has 1 aromatic rings. The molecule has 0 radical (unpaired) electrons. The van der Waals surface area contributed by atoms with Gasteiger partial charge in [0.25, 0.3) is 5.69 Å². The summed E-state index contributed by atoms with van der Waals surface area (Å²) >= 11 is 0. The Hall–Kier alpha value is -1.42. The van der Waals surface area contributed by atoms with Crippen molar-refractivity contribution >= 4 is 5.69 Å². The molecule has 0 aliphatic heterocycles. The Labute approximate surface area is 108 Å². The highest BCUT2D eigenvalue weighted by atomic mass is 16.6. The molecule has 1 aliphatic carbocycles. The van der Waals surface area contributed by atoms with Crippen molar-refractivity contribution in [2.24, 2.45) is 5.92 Å². The number of aryl methyl sites for hydroxylation is 1. The Morgan fingerprint density at radius 3 is 2.61 bits per heavy atom. The van der Waals surface area contributed by atoms with Crippen molar-refractivity contribution in [1.82, 2.24) is 5.32 Å². The third-order valence-electron chi connectivity index (χ3n) is 3.77. The van der Waals surface area contributed by atoms with Gasteiger partial charge >= 0.3 is 0 Å². The summed E-state index contributed by atoms with van der Waals surface area (Å²) < 4.78 is 0. The maximum absolute atomic E-state index is 10.9. The maximum Gasteiger partial charge on any atom is 0.272 e. The first-order chi connectivity index (χ1) is 8.49. The van der Waals surface area contributed by atoms with Crippen LogP contribution in [0.25, 0.3) is 0 Å². The zero-order chi connectivity index (χ0) is 13.3. The van der Waals surface area contributed by atoms with Crippen LogP contribution in [-0.4, -0.2) is 11.0 Å². The van der Waals surface area contributed by atoms with Gasteiger partial charge in [-0.15, -0.1) is 0 Å². The van der Waals surface area contributed by atoms with E-state index in [2.05, 4.69) is 19.2 Å². The van der Waals surface area contributed by atoms with Crippen LogP contribution in [0.3, 0.4) is 0 Å². The summed E-state index contributed by atoms with van der Waals surface area (Å²) in [4.78, 5) is 10.6. The fraction of sp³-hybridized carbons (Fsp3) is 0.571. The van der Waals surface area contributed by atoms with Crippen molar-refractivity contribution in [2.45, 2.75) is 45.7 Å². The first-order valence-corrected chi connectivity index (χ1v) is 6.50. The Morgan fingerprint density at radius 1 is 1.39 bits per heavy atom. The molecule has 4 nitrogen and oxygen atoms in total. The third-order valence-corrected chi connectivity index (χ3v) is 3.77. The van der Waals surface area contributed by atoms with Crippen molar-refractivity contribution in [3.8, 4) is 0 Å². The van der Waals surface area contributed by atoms with Gasteiger partial charge in [-0.05, 0) is 45.1 Å². The van der Waals surface area contributed by atoms with Gasteiger partial charge in [-0.1, -0.05) is 12.1 Å². The predicted molar refractivity (Wildman–Crippen MR) is 71.6 cm³/mol. The average molecular weight is 248 g/mol. The summed E-state index contributed by atoms with van der Waals surface area (Å²) in [6.45, 7) is 6.02. The van der Waals surface area contributed by atoms with E-state index in [9.17, 15) is 10.1 Å². The Balaban J connectivity index is 2.11. The monoisotopic (exact) mass is 248 g/mol. The van der Waals surface area contributed by atoms with Gasteiger partial charge in [-0.2, -0.15) is 0 Å². The van der Waals surface area contributed by atoms with Gasteiger partial charge in [0, 0.05) is 23.7 Å². The highest BCUT2D eigenvalue weighted by molar-refractivity contribution is 5.43. The second kappa shape index (κ2) is 5.06. The van der Waals surface area contributed by atoms with Crippen LogP contribution in [0.15, 0.2) is 18.2 Å². The molecule has 4 heteroatoms. The molecule has 0 heterocycles. The fourth-order valence-corrected chi connectivity index (χ4v) is 2.32. The standard InChI is InChI=1S/C14H20N2O2/c1-9-4-5-13(8-14(9)16(17)18)11(3)15-10(2)12-6-7-12/h4-5,8,10-12,15H,6-7H2,1-3H3. The summed E-state index contributed by atoms with van der Waals surface area (Å²) in [5.41, 5.74) is 1.91. The Morgan fingerprint density at radius 2 is 2.06 bits per heavy atom. The highest BCUT2D eigenvalue weighted by Crippen LogP contribution is 2.33. The second-order valence-electron chi connectivity index (χ2n) is 5.32. The van der Waals surface area contributed by atoms with E-state index in [0.717, 1.165) is 11.5 Å². The molecule has 1 N–H and O–H groups in total. The number of nitrogens with zero attached hydrogens (tertiary/aromatic N) is 1. The lowest BCUT2D eigenvalue weighted by atomic mass is 10.0. The number of hydrogen-bond acceptors (Lipinski definition) is 3. The van der Waals surface area contributed by atoms with E-state index in [1.807, 2.05) is 12.1 Å². The summed E-state index contributed by atoms with van der Waals surface area (Å²) in [6.07, 6.45) is 2.60. The molecule has 98 valence electrons. The lowest BCUT2D eigenvalue weighted by Crippen LogP contribution is -2.30. The normalized spacial score (nSPS) is 18.4. The van der Waals surface area contributed by atoms with E-state index in [1.54, 1.807) is 13.0 Å². The third kappa shape index (κ3) is 2.88. The molecular formula is C14H20N2O2. The van der Waals surface area contributed by atoms with E-state index in [4.69, 9.17) is 0 Å². The zero-order valence-corrected chi connectivity index (χ0v) is 11.1. The SMILES string of the molecule is Cc1ccc(C(C)NC(C)C2CC2)cc1[N+](=O)[O-]. The molecule has 1 saturated carbocycles. The highest BCUT2D eigenvalue weighted by Gasteiger charge is 2.28. The molecule has 0 saturated heterocycles. The lowest BCUT2D eigenvalue weighted by Gasteiger charge is -2.20. The van der Waals surface area contributed by atoms with Crippen LogP contribution >= 0.6 is 0 Å². The van der Waals surface area contributed by atoms with Crippen LogP contribution in [-0.2, 0) is 0 Å². The first-order valence-electron chi connectivity index (χ1n) is 6.50. The van der Waals surface area contributed by atoms with E-state index < -0.39 is 0 Å². The van der Waals surface area contributed by atoms with Crippen LogP contribution in [0.1, 0.15) is 43.9 Å². The average Bonchev–Trinajstić information content (AvgIpc) is 3.12. The van der Waals surface area contributed by atoms with Gasteiger partial charge in [0.05, 0.1) is 4.92 Å². The Bertz CT molecular complexity index is 455. The zero-order valence-electron chi connectivity index (χ0n) is 11.1. The van der Waals surface area contributed by atoms with Gasteiger partial charge in [0.2, 0.25) is 0 Å². The lowest BCUT2D eigenvalue weighted by molar-refractivity contribution is -0.385. The van der Waals surface area contributed by atoms with Gasteiger partial charge in [0.15, 0.2) is 0 Å². The minimum absolute atomic E-state index is 0.153. The molecule has 1 aromatic carbocycles. The largest absolute Gasteiger partial charge is 0.307 e. The molecule has 1 fully saturated rings. The number of nitro benzene ring substituents is 1. The van der Waals surface area contributed by atoms with Crippen LogP contribution in [0.4, 0.5) is 5.69 Å².